The highest BCUT2D eigenvalue weighted by Crippen LogP contribution is 2.18. The van der Waals surface area contributed by atoms with E-state index < -0.39 is 0 Å². The molecule has 1 amide bonds. The molecule has 2 atom stereocenters. The largest absolute Gasteiger partial charge is 0.352 e. The van der Waals surface area contributed by atoms with Crippen molar-refractivity contribution in [2.75, 3.05) is 0 Å². The van der Waals surface area contributed by atoms with Gasteiger partial charge in [-0.2, -0.15) is 0 Å². The first-order valence-corrected chi connectivity index (χ1v) is 7.88. The molecule has 2 N–H and O–H groups in total. The molecule has 0 aliphatic heterocycles. The van der Waals surface area contributed by atoms with Crippen LogP contribution >= 0.6 is 0 Å². The van der Waals surface area contributed by atoms with Crippen LogP contribution in [0.3, 0.4) is 0 Å². The summed E-state index contributed by atoms with van der Waals surface area (Å²) < 4.78 is 13.2. The van der Waals surface area contributed by atoms with Crippen LogP contribution in [0.5, 0.6) is 0 Å². The predicted octanol–water partition coefficient (Wildman–Crippen LogP) is 3.31. The zero-order valence-corrected chi connectivity index (χ0v) is 12.9. The molecule has 2 unspecified atom stereocenters. The third kappa shape index (κ3) is 4.81. The molecule has 0 spiro atoms. The van der Waals surface area contributed by atoms with Crippen LogP contribution < -0.4 is 10.6 Å². The second kappa shape index (κ2) is 7.55. The molecule has 1 aromatic carbocycles. The third-order valence-electron chi connectivity index (χ3n) is 4.19. The van der Waals surface area contributed by atoms with Gasteiger partial charge in [0.05, 0.1) is 6.04 Å². The lowest BCUT2D eigenvalue weighted by atomic mass is 9.95. The molecule has 1 aliphatic rings. The van der Waals surface area contributed by atoms with Crippen molar-refractivity contribution >= 4 is 5.91 Å². The van der Waals surface area contributed by atoms with E-state index in [1.165, 1.54) is 31.4 Å². The Morgan fingerprint density at radius 2 is 1.95 bits per heavy atom. The molecule has 0 aromatic heterocycles. The Hall–Kier alpha value is -1.42. The molecule has 0 heterocycles. The smallest absolute Gasteiger partial charge is 0.237 e. The zero-order chi connectivity index (χ0) is 15.2. The van der Waals surface area contributed by atoms with Gasteiger partial charge >= 0.3 is 0 Å². The van der Waals surface area contributed by atoms with Crippen molar-refractivity contribution in [2.45, 2.75) is 64.1 Å². The van der Waals surface area contributed by atoms with Gasteiger partial charge in [-0.25, -0.2) is 4.39 Å². The van der Waals surface area contributed by atoms with Gasteiger partial charge in [0.2, 0.25) is 5.91 Å². The molecule has 1 aromatic rings. The maximum atomic E-state index is 13.2. The number of amides is 1. The molecular weight excluding hydrogens is 267 g/mol. The normalized spacial score (nSPS) is 19.0. The van der Waals surface area contributed by atoms with E-state index in [4.69, 9.17) is 0 Å². The quantitative estimate of drug-likeness (QED) is 0.874. The van der Waals surface area contributed by atoms with Gasteiger partial charge < -0.3 is 5.32 Å². The van der Waals surface area contributed by atoms with Gasteiger partial charge in [-0.15, -0.1) is 0 Å². The van der Waals surface area contributed by atoms with Gasteiger partial charge in [0.15, 0.2) is 0 Å². The van der Waals surface area contributed by atoms with Crippen molar-refractivity contribution < 1.29 is 9.18 Å². The van der Waals surface area contributed by atoms with Crippen molar-refractivity contribution in [1.29, 1.82) is 0 Å². The summed E-state index contributed by atoms with van der Waals surface area (Å²) >= 11 is 0. The van der Waals surface area contributed by atoms with E-state index in [-0.39, 0.29) is 23.8 Å². The zero-order valence-electron chi connectivity index (χ0n) is 12.9. The molecule has 1 saturated carbocycles. The molecule has 3 nitrogen and oxygen atoms in total. The first-order chi connectivity index (χ1) is 10.1. The van der Waals surface area contributed by atoms with Crippen molar-refractivity contribution in [1.82, 2.24) is 10.6 Å². The van der Waals surface area contributed by atoms with E-state index in [0.29, 0.717) is 6.04 Å². The van der Waals surface area contributed by atoms with Crippen LogP contribution in [0.25, 0.3) is 0 Å². The van der Waals surface area contributed by atoms with Gasteiger partial charge in [0.1, 0.15) is 5.82 Å². The summed E-state index contributed by atoms with van der Waals surface area (Å²) in [6.45, 7) is 3.80. The molecule has 116 valence electrons. The number of nitrogens with one attached hydrogen (secondary N) is 2. The lowest BCUT2D eigenvalue weighted by molar-refractivity contribution is -0.123. The average molecular weight is 292 g/mol. The first-order valence-electron chi connectivity index (χ1n) is 7.88. The van der Waals surface area contributed by atoms with E-state index in [1.54, 1.807) is 6.07 Å². The van der Waals surface area contributed by atoms with Crippen LogP contribution in [0.2, 0.25) is 0 Å². The van der Waals surface area contributed by atoms with Gasteiger partial charge in [0, 0.05) is 12.1 Å². The number of carbonyl (C=O) groups is 1. The topological polar surface area (TPSA) is 41.1 Å². The van der Waals surface area contributed by atoms with E-state index in [1.807, 2.05) is 19.9 Å². The molecule has 1 aliphatic carbocycles. The molecule has 1 fully saturated rings. The van der Waals surface area contributed by atoms with Crippen molar-refractivity contribution in [2.24, 2.45) is 0 Å². The number of hydrogen-bond donors (Lipinski definition) is 2. The van der Waals surface area contributed by atoms with Gasteiger partial charge in [0.25, 0.3) is 0 Å². The minimum atomic E-state index is -0.287. The molecule has 21 heavy (non-hydrogen) atoms. The lowest BCUT2D eigenvalue weighted by Gasteiger charge is -2.26. The number of halogens is 1. The maximum Gasteiger partial charge on any atom is 0.237 e. The van der Waals surface area contributed by atoms with E-state index in [9.17, 15) is 9.18 Å². The summed E-state index contributed by atoms with van der Waals surface area (Å²) in [5.74, 6) is -0.217. The summed E-state index contributed by atoms with van der Waals surface area (Å²) in [6, 6.07) is 6.46. The van der Waals surface area contributed by atoms with Gasteiger partial charge in [-0.1, -0.05) is 31.4 Å². The second-order valence-corrected chi connectivity index (χ2v) is 6.01. The summed E-state index contributed by atoms with van der Waals surface area (Å²) in [7, 11) is 0. The molecule has 0 saturated heterocycles. The lowest BCUT2D eigenvalue weighted by Crippen LogP contribution is -2.47. The number of benzene rings is 1. The van der Waals surface area contributed by atoms with E-state index in [0.717, 1.165) is 18.4 Å². The van der Waals surface area contributed by atoms with Crippen LogP contribution in [-0.2, 0) is 4.79 Å². The molecule has 0 bridgehead atoms. The summed E-state index contributed by atoms with van der Waals surface area (Å²) in [5, 5.41) is 6.35. The Morgan fingerprint density at radius 1 is 1.24 bits per heavy atom. The molecule has 0 radical (unpaired) electrons. The predicted molar refractivity (Wildman–Crippen MR) is 82.4 cm³/mol. The van der Waals surface area contributed by atoms with Gasteiger partial charge in [-0.05, 0) is 44.4 Å². The number of carbonyl (C=O) groups excluding carboxylic acids is 1. The van der Waals surface area contributed by atoms with Crippen molar-refractivity contribution in [3.63, 3.8) is 0 Å². The fourth-order valence-corrected chi connectivity index (χ4v) is 2.90. The minimum absolute atomic E-state index is 0.0325. The highest BCUT2D eigenvalue weighted by atomic mass is 19.1. The molecule has 4 heteroatoms. The molecular formula is C17H25FN2O. The van der Waals surface area contributed by atoms with Crippen LogP contribution in [-0.4, -0.2) is 18.0 Å². The number of hydrogen-bond acceptors (Lipinski definition) is 2. The second-order valence-electron chi connectivity index (χ2n) is 6.01. The summed E-state index contributed by atoms with van der Waals surface area (Å²) in [5.41, 5.74) is 0.854. The number of rotatable bonds is 5. The van der Waals surface area contributed by atoms with E-state index in [2.05, 4.69) is 10.6 Å². The van der Waals surface area contributed by atoms with Crippen LogP contribution in [0.4, 0.5) is 4.39 Å². The Bertz CT molecular complexity index is 472. The fraction of sp³-hybridized carbons (Fsp3) is 0.588. The standard InChI is InChI=1S/C17H25FN2O/c1-12(14-7-6-8-15(18)11-14)19-13(2)17(21)20-16-9-4-3-5-10-16/h6-8,11-13,16,19H,3-5,9-10H2,1-2H3,(H,20,21). The van der Waals surface area contributed by atoms with Gasteiger partial charge in [-0.3, -0.25) is 10.1 Å². The van der Waals surface area contributed by atoms with Crippen molar-refractivity contribution in [3.8, 4) is 0 Å². The minimum Gasteiger partial charge on any atom is -0.352 e. The summed E-state index contributed by atoms with van der Waals surface area (Å²) in [6.07, 6.45) is 5.84. The van der Waals surface area contributed by atoms with Crippen LogP contribution in [0, 0.1) is 5.82 Å². The van der Waals surface area contributed by atoms with Crippen LogP contribution in [0.1, 0.15) is 57.6 Å². The average Bonchev–Trinajstić information content (AvgIpc) is 2.48. The monoisotopic (exact) mass is 292 g/mol. The summed E-state index contributed by atoms with van der Waals surface area (Å²) in [4.78, 5) is 12.2. The Kier molecular flexibility index (Phi) is 5.74. The maximum absolute atomic E-state index is 13.2. The Balaban J connectivity index is 1.84. The highest BCUT2D eigenvalue weighted by molar-refractivity contribution is 5.81. The third-order valence-corrected chi connectivity index (χ3v) is 4.19. The Morgan fingerprint density at radius 3 is 2.62 bits per heavy atom. The van der Waals surface area contributed by atoms with E-state index >= 15 is 0 Å². The Labute approximate surface area is 126 Å². The first kappa shape index (κ1) is 16.0. The highest BCUT2D eigenvalue weighted by Gasteiger charge is 2.21. The SMILES string of the molecule is CC(NC(C)c1cccc(F)c1)C(=O)NC1CCCCC1. The van der Waals surface area contributed by atoms with Crippen LogP contribution in [0.15, 0.2) is 24.3 Å². The van der Waals surface area contributed by atoms with Crippen molar-refractivity contribution in [3.05, 3.63) is 35.6 Å². The fourth-order valence-electron chi connectivity index (χ4n) is 2.90. The molecule has 2 rings (SSSR count).